The fourth-order valence-electron chi connectivity index (χ4n) is 3.96. The van der Waals surface area contributed by atoms with Crippen molar-refractivity contribution in [3.63, 3.8) is 0 Å². The van der Waals surface area contributed by atoms with Gasteiger partial charge in [0.15, 0.2) is 0 Å². The first kappa shape index (κ1) is 28.5. The molecule has 0 radical (unpaired) electrons. The summed E-state index contributed by atoms with van der Waals surface area (Å²) in [5, 5.41) is 5.41. The number of methoxy groups -OCH3 is 2. The van der Waals surface area contributed by atoms with Gasteiger partial charge in [0.2, 0.25) is 0 Å². The molecule has 0 atom stereocenters. The molecule has 3 aromatic rings. The molecule has 2 aromatic carbocycles. The summed E-state index contributed by atoms with van der Waals surface area (Å²) in [5.74, 6) is -1.88. The first-order chi connectivity index (χ1) is 19.1. The number of hydrogen-bond donors (Lipinski definition) is 2. The average Bonchev–Trinajstić information content (AvgIpc) is 3.50. The summed E-state index contributed by atoms with van der Waals surface area (Å²) in [4.78, 5) is 51.9. The Morgan fingerprint density at radius 1 is 1.00 bits per heavy atom. The Morgan fingerprint density at radius 2 is 1.77 bits per heavy atom. The number of nitrogens with zero attached hydrogens (tertiary/aromatic N) is 1. The highest BCUT2D eigenvalue weighted by Crippen LogP contribution is 2.36. The van der Waals surface area contributed by atoms with Crippen LogP contribution in [-0.4, -0.2) is 37.9 Å². The van der Waals surface area contributed by atoms with Crippen molar-refractivity contribution in [3.05, 3.63) is 93.0 Å². The Hall–Kier alpha value is -4.54. The van der Waals surface area contributed by atoms with Gasteiger partial charge in [-0.3, -0.25) is 19.3 Å². The van der Waals surface area contributed by atoms with E-state index in [9.17, 15) is 19.2 Å². The Bertz CT molecular complexity index is 1580. The second-order valence-corrected chi connectivity index (χ2v) is 9.24. The van der Waals surface area contributed by atoms with Crippen molar-refractivity contribution in [3.8, 4) is 5.75 Å². The number of rotatable bonds is 7. The van der Waals surface area contributed by atoms with Crippen molar-refractivity contribution < 1.29 is 33.1 Å². The van der Waals surface area contributed by atoms with E-state index in [1.807, 2.05) is 0 Å². The molecule has 0 spiro atoms. The minimum atomic E-state index is -0.912. The van der Waals surface area contributed by atoms with E-state index < -0.39 is 23.7 Å². The molecule has 3 amide bonds. The average molecular weight is 584 g/mol. The van der Waals surface area contributed by atoms with Crippen molar-refractivity contribution in [2.24, 2.45) is 0 Å². The molecular weight excluding hydrogens is 561 g/mol. The third kappa shape index (κ3) is 6.03. The largest absolute Gasteiger partial charge is 0.497 e. The summed E-state index contributed by atoms with van der Waals surface area (Å²) in [6.45, 7) is 1.52. The number of carbonyl (C=O) groups excluding carboxylic acids is 4. The van der Waals surface area contributed by atoms with Gasteiger partial charge >= 0.3 is 17.8 Å². The minimum absolute atomic E-state index is 0.0677. The van der Waals surface area contributed by atoms with Crippen LogP contribution in [0.3, 0.4) is 0 Å². The van der Waals surface area contributed by atoms with Crippen LogP contribution in [-0.2, 0) is 30.5 Å². The first-order valence-electron chi connectivity index (χ1n) is 11.8. The highest BCUT2D eigenvalue weighted by Gasteiger charge is 2.38. The number of esters is 1. The Balaban J connectivity index is 1.49. The summed E-state index contributed by atoms with van der Waals surface area (Å²) in [6.07, 6.45) is 1.42. The molecule has 40 heavy (non-hydrogen) atoms. The number of anilines is 2. The normalized spacial score (nSPS) is 14.0. The van der Waals surface area contributed by atoms with Gasteiger partial charge in [-0.25, -0.2) is 4.79 Å². The highest BCUT2D eigenvalue weighted by atomic mass is 35.5. The maximum Gasteiger partial charge on any atom is 0.340 e. The summed E-state index contributed by atoms with van der Waals surface area (Å²) in [6, 6.07) is 14.4. The standard InChI is InChI=1S/C28H23Cl2N3O7/c1-15-24(28(37)39-3)21(27(36)33(15)17-5-4-6-18(12-17)38-2)13-19-8-9-20(40-19)14-31-25(34)26(35)32-16-7-10-22(29)23(30)11-16/h4-13H,14H2,1-3H3,(H,31,34)(H,32,35)/b21-13+. The Kier molecular flexibility index (Phi) is 8.61. The zero-order valence-corrected chi connectivity index (χ0v) is 23.1. The molecule has 0 fully saturated rings. The van der Waals surface area contributed by atoms with Crippen LogP contribution in [0.25, 0.3) is 6.08 Å². The van der Waals surface area contributed by atoms with Crippen molar-refractivity contribution in [1.29, 1.82) is 0 Å². The smallest absolute Gasteiger partial charge is 0.340 e. The van der Waals surface area contributed by atoms with Crippen LogP contribution in [0, 0.1) is 0 Å². The molecule has 0 aliphatic carbocycles. The number of hydrogen-bond acceptors (Lipinski definition) is 7. The maximum atomic E-state index is 13.4. The van der Waals surface area contributed by atoms with E-state index in [0.717, 1.165) is 0 Å². The highest BCUT2D eigenvalue weighted by molar-refractivity contribution is 6.43. The molecule has 10 nitrogen and oxygen atoms in total. The van der Waals surface area contributed by atoms with E-state index in [1.165, 1.54) is 43.4 Å². The fraction of sp³-hybridized carbons (Fsp3) is 0.143. The molecule has 2 heterocycles. The topological polar surface area (TPSA) is 127 Å². The number of amides is 3. The number of benzene rings is 2. The van der Waals surface area contributed by atoms with Crippen molar-refractivity contribution >= 4 is 64.3 Å². The number of ether oxygens (including phenoxy) is 2. The lowest BCUT2D eigenvalue weighted by molar-refractivity contribution is -0.136. The fourth-order valence-corrected chi connectivity index (χ4v) is 4.26. The number of nitrogens with one attached hydrogen (secondary N) is 2. The summed E-state index contributed by atoms with van der Waals surface area (Å²) >= 11 is 11.8. The van der Waals surface area contributed by atoms with Crippen LogP contribution in [0.1, 0.15) is 18.4 Å². The van der Waals surface area contributed by atoms with Gasteiger partial charge in [-0.05, 0) is 55.5 Å². The number of carbonyl (C=O) groups is 4. The van der Waals surface area contributed by atoms with Crippen molar-refractivity contribution in [2.75, 3.05) is 24.4 Å². The lowest BCUT2D eigenvalue weighted by Gasteiger charge is -2.18. The minimum Gasteiger partial charge on any atom is -0.497 e. The lowest BCUT2D eigenvalue weighted by atomic mass is 10.1. The molecule has 0 saturated heterocycles. The van der Waals surface area contributed by atoms with Crippen LogP contribution in [0.2, 0.25) is 10.0 Å². The van der Waals surface area contributed by atoms with E-state index in [0.29, 0.717) is 33.6 Å². The molecule has 1 aliphatic rings. The quantitative estimate of drug-likeness (QED) is 0.234. The van der Waals surface area contributed by atoms with E-state index in [-0.39, 0.29) is 28.5 Å². The van der Waals surface area contributed by atoms with Crippen LogP contribution < -0.4 is 20.3 Å². The maximum absolute atomic E-state index is 13.4. The second-order valence-electron chi connectivity index (χ2n) is 8.42. The molecule has 2 N–H and O–H groups in total. The van der Waals surface area contributed by atoms with Gasteiger partial charge in [-0.15, -0.1) is 0 Å². The van der Waals surface area contributed by atoms with E-state index >= 15 is 0 Å². The Morgan fingerprint density at radius 3 is 2.48 bits per heavy atom. The third-order valence-electron chi connectivity index (χ3n) is 5.88. The zero-order chi connectivity index (χ0) is 29.0. The zero-order valence-electron chi connectivity index (χ0n) is 21.5. The third-order valence-corrected chi connectivity index (χ3v) is 6.62. The second kappa shape index (κ2) is 12.1. The van der Waals surface area contributed by atoms with Gasteiger partial charge in [0.1, 0.15) is 17.3 Å². The molecule has 0 bridgehead atoms. The van der Waals surface area contributed by atoms with Gasteiger partial charge < -0.3 is 24.5 Å². The van der Waals surface area contributed by atoms with Crippen LogP contribution >= 0.6 is 23.2 Å². The van der Waals surface area contributed by atoms with Gasteiger partial charge in [0, 0.05) is 17.5 Å². The molecule has 0 unspecified atom stereocenters. The Labute approximate surface area is 239 Å². The van der Waals surface area contributed by atoms with Gasteiger partial charge in [-0.2, -0.15) is 0 Å². The number of furan rings is 1. The van der Waals surface area contributed by atoms with Gasteiger partial charge in [0.25, 0.3) is 5.91 Å². The monoisotopic (exact) mass is 583 g/mol. The summed E-state index contributed by atoms with van der Waals surface area (Å²) in [5.41, 5.74) is 1.34. The predicted molar refractivity (Wildman–Crippen MR) is 149 cm³/mol. The van der Waals surface area contributed by atoms with E-state index in [2.05, 4.69) is 10.6 Å². The van der Waals surface area contributed by atoms with Crippen molar-refractivity contribution in [2.45, 2.75) is 13.5 Å². The van der Waals surface area contributed by atoms with Crippen LogP contribution in [0.4, 0.5) is 11.4 Å². The molecule has 12 heteroatoms. The van der Waals surface area contributed by atoms with Gasteiger partial charge in [-0.1, -0.05) is 29.3 Å². The number of halogens is 2. The van der Waals surface area contributed by atoms with Crippen LogP contribution in [0.5, 0.6) is 5.75 Å². The molecule has 0 saturated carbocycles. The molecule has 4 rings (SSSR count). The van der Waals surface area contributed by atoms with Crippen LogP contribution in [0.15, 0.2) is 75.9 Å². The van der Waals surface area contributed by atoms with E-state index in [4.69, 9.17) is 37.1 Å². The van der Waals surface area contributed by atoms with E-state index in [1.54, 1.807) is 43.3 Å². The predicted octanol–water partition coefficient (Wildman–Crippen LogP) is 4.73. The molecule has 1 aliphatic heterocycles. The first-order valence-corrected chi connectivity index (χ1v) is 12.5. The summed E-state index contributed by atoms with van der Waals surface area (Å²) in [7, 11) is 2.74. The molecular formula is C28H23Cl2N3O7. The van der Waals surface area contributed by atoms with Crippen molar-refractivity contribution in [1.82, 2.24) is 5.32 Å². The van der Waals surface area contributed by atoms with Gasteiger partial charge in [0.05, 0.1) is 47.6 Å². The lowest BCUT2D eigenvalue weighted by Crippen LogP contribution is -2.34. The molecule has 206 valence electrons. The SMILES string of the molecule is COC(=O)C1=C(C)N(c2cccc(OC)c2)C(=O)/C1=C/c1ccc(CNC(=O)C(=O)Nc2ccc(Cl)c(Cl)c2)o1. The summed E-state index contributed by atoms with van der Waals surface area (Å²) < 4.78 is 15.9. The molecule has 1 aromatic heterocycles. The number of allylic oxidation sites excluding steroid dienone is 1.